The van der Waals surface area contributed by atoms with Gasteiger partial charge >= 0.3 is 0 Å². The molecule has 0 amide bonds. The van der Waals surface area contributed by atoms with E-state index in [2.05, 4.69) is 32.7 Å². The number of hydrogen-bond acceptors (Lipinski definition) is 5. The van der Waals surface area contributed by atoms with Crippen molar-refractivity contribution < 1.29 is 9.53 Å². The molecule has 0 radical (unpaired) electrons. The molecular weight excluding hydrogens is 378 g/mol. The maximum Gasteiger partial charge on any atom is 0.192 e. The molecule has 7 heteroatoms. The standard InChI is InChI=1S/C16H18BrN3O2S/c1-4-7-20-15(9-22-3)18-19-16(20)23-10-14(21)12-5-6-13(17)11(2)8-12/h4-6,8H,1,7,9-10H2,2-3H3. The van der Waals surface area contributed by atoms with E-state index in [1.165, 1.54) is 11.8 Å². The Bertz CT molecular complexity index is 715. The highest BCUT2D eigenvalue weighted by Gasteiger charge is 2.14. The van der Waals surface area contributed by atoms with Crippen molar-refractivity contribution in [3.8, 4) is 0 Å². The van der Waals surface area contributed by atoms with Crippen molar-refractivity contribution in [2.24, 2.45) is 0 Å². The van der Waals surface area contributed by atoms with E-state index in [9.17, 15) is 4.79 Å². The number of nitrogens with zero attached hydrogens (tertiary/aromatic N) is 3. The topological polar surface area (TPSA) is 57.0 Å². The zero-order valence-corrected chi connectivity index (χ0v) is 15.5. The van der Waals surface area contributed by atoms with Crippen LogP contribution in [-0.4, -0.2) is 33.4 Å². The highest BCUT2D eigenvalue weighted by molar-refractivity contribution is 9.10. The number of carbonyl (C=O) groups excluding carboxylic acids is 1. The van der Waals surface area contributed by atoms with Crippen molar-refractivity contribution in [3.63, 3.8) is 0 Å². The van der Waals surface area contributed by atoms with Crippen molar-refractivity contribution in [1.29, 1.82) is 0 Å². The van der Waals surface area contributed by atoms with Gasteiger partial charge in [-0.2, -0.15) is 0 Å². The number of hydrogen-bond donors (Lipinski definition) is 0. The molecule has 23 heavy (non-hydrogen) atoms. The van der Waals surface area contributed by atoms with Crippen molar-refractivity contribution in [1.82, 2.24) is 14.8 Å². The summed E-state index contributed by atoms with van der Waals surface area (Å²) in [6.45, 7) is 6.66. The van der Waals surface area contributed by atoms with Crippen LogP contribution in [0.2, 0.25) is 0 Å². The van der Waals surface area contributed by atoms with Crippen molar-refractivity contribution in [2.45, 2.75) is 25.2 Å². The molecule has 1 aromatic heterocycles. The van der Waals surface area contributed by atoms with E-state index in [-0.39, 0.29) is 5.78 Å². The number of allylic oxidation sites excluding steroid dienone is 1. The summed E-state index contributed by atoms with van der Waals surface area (Å²) >= 11 is 4.81. The Kier molecular flexibility index (Phi) is 6.56. The maximum atomic E-state index is 12.3. The van der Waals surface area contributed by atoms with Crippen LogP contribution in [0.5, 0.6) is 0 Å². The van der Waals surface area contributed by atoms with Gasteiger partial charge in [0.25, 0.3) is 0 Å². The Morgan fingerprint density at radius 2 is 2.26 bits per heavy atom. The van der Waals surface area contributed by atoms with Gasteiger partial charge in [-0.3, -0.25) is 4.79 Å². The minimum absolute atomic E-state index is 0.0621. The fourth-order valence-electron chi connectivity index (χ4n) is 2.01. The zero-order valence-electron chi connectivity index (χ0n) is 13.1. The van der Waals surface area contributed by atoms with E-state index in [0.717, 1.165) is 15.9 Å². The lowest BCUT2D eigenvalue weighted by molar-refractivity contribution is 0.102. The van der Waals surface area contributed by atoms with Gasteiger partial charge in [0.1, 0.15) is 6.61 Å². The molecule has 0 aliphatic carbocycles. The normalized spacial score (nSPS) is 10.7. The lowest BCUT2D eigenvalue weighted by Crippen LogP contribution is -2.07. The monoisotopic (exact) mass is 395 g/mol. The molecule has 2 rings (SSSR count). The minimum Gasteiger partial charge on any atom is -0.377 e. The number of rotatable bonds is 8. The average molecular weight is 396 g/mol. The minimum atomic E-state index is 0.0621. The summed E-state index contributed by atoms with van der Waals surface area (Å²) in [6, 6.07) is 5.60. The second-order valence-corrected chi connectivity index (χ2v) is 6.70. The smallest absolute Gasteiger partial charge is 0.192 e. The van der Waals surface area contributed by atoms with Gasteiger partial charge in [-0.1, -0.05) is 39.8 Å². The highest BCUT2D eigenvalue weighted by atomic mass is 79.9. The Morgan fingerprint density at radius 3 is 2.91 bits per heavy atom. The third-order valence-electron chi connectivity index (χ3n) is 3.19. The first-order valence-electron chi connectivity index (χ1n) is 7.01. The van der Waals surface area contributed by atoms with Crippen LogP contribution in [0.1, 0.15) is 21.7 Å². The van der Waals surface area contributed by atoms with Crippen molar-refractivity contribution in [2.75, 3.05) is 12.9 Å². The number of thioether (sulfide) groups is 1. The quantitative estimate of drug-likeness (QED) is 0.387. The number of methoxy groups -OCH3 is 1. The summed E-state index contributed by atoms with van der Waals surface area (Å²) < 4.78 is 8.01. The van der Waals surface area contributed by atoms with E-state index in [4.69, 9.17) is 4.74 Å². The summed E-state index contributed by atoms with van der Waals surface area (Å²) in [4.78, 5) is 12.3. The van der Waals surface area contributed by atoms with Crippen LogP contribution >= 0.6 is 27.7 Å². The lowest BCUT2D eigenvalue weighted by Gasteiger charge is -2.07. The van der Waals surface area contributed by atoms with Gasteiger partial charge < -0.3 is 9.30 Å². The molecule has 0 unspecified atom stereocenters. The number of benzene rings is 1. The third-order valence-corrected chi connectivity index (χ3v) is 5.05. The number of Topliss-reactive ketones (excluding diaryl/α,β-unsaturated/α-hetero) is 1. The van der Waals surface area contributed by atoms with Crippen LogP contribution in [0.15, 0.2) is 40.5 Å². The molecule has 2 aromatic rings. The predicted octanol–water partition coefficient (Wildman–Crippen LogP) is 3.66. The van der Waals surface area contributed by atoms with Crippen LogP contribution in [-0.2, 0) is 17.9 Å². The summed E-state index contributed by atoms with van der Waals surface area (Å²) in [5, 5.41) is 8.94. The maximum absolute atomic E-state index is 12.3. The van der Waals surface area contributed by atoms with Crippen molar-refractivity contribution in [3.05, 3.63) is 52.3 Å². The summed E-state index contributed by atoms with van der Waals surface area (Å²) in [5.74, 6) is 1.09. The molecule has 0 N–H and O–H groups in total. The molecular formula is C16H18BrN3O2S. The van der Waals surface area contributed by atoms with Crippen LogP contribution in [0, 0.1) is 6.92 Å². The molecule has 5 nitrogen and oxygen atoms in total. The van der Waals surface area contributed by atoms with Gasteiger partial charge in [0.05, 0.1) is 5.75 Å². The largest absolute Gasteiger partial charge is 0.377 e. The fraction of sp³-hybridized carbons (Fsp3) is 0.312. The molecule has 0 saturated heterocycles. The first-order valence-corrected chi connectivity index (χ1v) is 8.78. The van der Waals surface area contributed by atoms with E-state index in [1.807, 2.05) is 29.7 Å². The van der Waals surface area contributed by atoms with Gasteiger partial charge in [0.2, 0.25) is 0 Å². The Labute approximate surface area is 148 Å². The van der Waals surface area contributed by atoms with E-state index < -0.39 is 0 Å². The Morgan fingerprint density at radius 1 is 1.48 bits per heavy atom. The summed E-state index contributed by atoms with van der Waals surface area (Å²) in [5.41, 5.74) is 1.74. The van der Waals surface area contributed by atoms with Crippen molar-refractivity contribution >= 4 is 33.5 Å². The second-order valence-electron chi connectivity index (χ2n) is 4.91. The lowest BCUT2D eigenvalue weighted by atomic mass is 10.1. The van der Waals surface area contributed by atoms with E-state index >= 15 is 0 Å². The van der Waals surface area contributed by atoms with E-state index in [0.29, 0.717) is 29.6 Å². The van der Waals surface area contributed by atoms with Crippen LogP contribution in [0.4, 0.5) is 0 Å². The predicted molar refractivity (Wildman–Crippen MR) is 94.9 cm³/mol. The molecule has 0 atom stereocenters. The number of aromatic nitrogens is 3. The number of ketones is 1. The third kappa shape index (κ3) is 4.53. The summed E-state index contributed by atoms with van der Waals surface area (Å²) in [6.07, 6.45) is 1.77. The SMILES string of the molecule is C=CCn1c(COC)nnc1SCC(=O)c1ccc(Br)c(C)c1. The molecule has 0 aliphatic rings. The van der Waals surface area contributed by atoms with Crippen LogP contribution < -0.4 is 0 Å². The zero-order chi connectivity index (χ0) is 16.8. The van der Waals surface area contributed by atoms with Crippen LogP contribution in [0.3, 0.4) is 0 Å². The number of ether oxygens (including phenoxy) is 1. The van der Waals surface area contributed by atoms with Crippen LogP contribution in [0.25, 0.3) is 0 Å². The molecule has 0 saturated carbocycles. The van der Waals surface area contributed by atoms with Gasteiger partial charge in [0, 0.05) is 23.7 Å². The van der Waals surface area contributed by atoms with Gasteiger partial charge in [0.15, 0.2) is 16.8 Å². The number of carbonyl (C=O) groups is 1. The number of aryl methyl sites for hydroxylation is 1. The van der Waals surface area contributed by atoms with Gasteiger partial charge in [-0.25, -0.2) is 0 Å². The first kappa shape index (κ1) is 17.9. The fourth-order valence-corrected chi connectivity index (χ4v) is 3.11. The second kappa shape index (κ2) is 8.42. The summed E-state index contributed by atoms with van der Waals surface area (Å²) in [7, 11) is 1.61. The first-order chi connectivity index (χ1) is 11.1. The molecule has 1 aromatic carbocycles. The van der Waals surface area contributed by atoms with E-state index in [1.54, 1.807) is 13.2 Å². The average Bonchev–Trinajstić information content (AvgIpc) is 2.91. The van der Waals surface area contributed by atoms with Gasteiger partial charge in [-0.15, -0.1) is 16.8 Å². The molecule has 1 heterocycles. The molecule has 0 fully saturated rings. The molecule has 0 aliphatic heterocycles. The highest BCUT2D eigenvalue weighted by Crippen LogP contribution is 2.21. The Hall–Kier alpha value is -1.44. The molecule has 0 bridgehead atoms. The van der Waals surface area contributed by atoms with Gasteiger partial charge in [-0.05, 0) is 24.6 Å². The number of halogens is 1. The molecule has 0 spiro atoms. The molecule has 122 valence electrons. The Balaban J connectivity index is 2.09.